The molecule has 1 aromatic carbocycles. The van der Waals surface area contributed by atoms with Crippen molar-refractivity contribution in [2.75, 3.05) is 19.8 Å². The average molecular weight is 271 g/mol. The van der Waals surface area contributed by atoms with Gasteiger partial charge in [-0.25, -0.2) is 0 Å². The van der Waals surface area contributed by atoms with Crippen LogP contribution in [0, 0.1) is 5.41 Å². The standard InChI is InChI=1S/C12H15BrO2/c1-2-12(7-14-8-12)9-15-11-5-3-10(13)4-6-11/h3-6H,2,7-9H2,1H3. The number of ether oxygens (including phenoxy) is 2. The number of rotatable bonds is 4. The van der Waals surface area contributed by atoms with E-state index in [4.69, 9.17) is 9.47 Å². The molecule has 1 aromatic rings. The Balaban J connectivity index is 1.90. The largest absolute Gasteiger partial charge is 0.493 e. The fraction of sp³-hybridized carbons (Fsp3) is 0.500. The second-order valence-electron chi connectivity index (χ2n) is 4.09. The van der Waals surface area contributed by atoms with Crippen molar-refractivity contribution in [2.24, 2.45) is 5.41 Å². The van der Waals surface area contributed by atoms with Crippen molar-refractivity contribution in [3.05, 3.63) is 28.7 Å². The maximum Gasteiger partial charge on any atom is 0.119 e. The number of benzene rings is 1. The van der Waals surface area contributed by atoms with Crippen LogP contribution in [0.15, 0.2) is 28.7 Å². The molecule has 82 valence electrons. The van der Waals surface area contributed by atoms with E-state index in [1.54, 1.807) is 0 Å². The molecule has 3 heteroatoms. The van der Waals surface area contributed by atoms with Gasteiger partial charge in [-0.2, -0.15) is 0 Å². The number of hydrogen-bond donors (Lipinski definition) is 0. The van der Waals surface area contributed by atoms with Crippen LogP contribution in [0.3, 0.4) is 0 Å². The summed E-state index contributed by atoms with van der Waals surface area (Å²) in [6.07, 6.45) is 1.11. The molecule has 0 saturated carbocycles. The smallest absolute Gasteiger partial charge is 0.119 e. The van der Waals surface area contributed by atoms with Crippen LogP contribution in [-0.4, -0.2) is 19.8 Å². The summed E-state index contributed by atoms with van der Waals surface area (Å²) >= 11 is 3.40. The summed E-state index contributed by atoms with van der Waals surface area (Å²) in [5, 5.41) is 0. The van der Waals surface area contributed by atoms with E-state index in [-0.39, 0.29) is 5.41 Å². The van der Waals surface area contributed by atoms with Crippen molar-refractivity contribution in [1.82, 2.24) is 0 Å². The minimum Gasteiger partial charge on any atom is -0.493 e. The van der Waals surface area contributed by atoms with Gasteiger partial charge in [-0.15, -0.1) is 0 Å². The average Bonchev–Trinajstić information content (AvgIpc) is 2.20. The van der Waals surface area contributed by atoms with Crippen LogP contribution in [0.25, 0.3) is 0 Å². The van der Waals surface area contributed by atoms with Gasteiger partial charge in [-0.05, 0) is 30.7 Å². The van der Waals surface area contributed by atoms with Gasteiger partial charge in [0.1, 0.15) is 5.75 Å². The Morgan fingerprint density at radius 3 is 2.47 bits per heavy atom. The second-order valence-corrected chi connectivity index (χ2v) is 5.00. The van der Waals surface area contributed by atoms with Gasteiger partial charge in [0, 0.05) is 4.47 Å². The van der Waals surface area contributed by atoms with Crippen LogP contribution >= 0.6 is 15.9 Å². The summed E-state index contributed by atoms with van der Waals surface area (Å²) in [4.78, 5) is 0. The monoisotopic (exact) mass is 270 g/mol. The summed E-state index contributed by atoms with van der Waals surface area (Å²) in [5.74, 6) is 0.929. The zero-order valence-corrected chi connectivity index (χ0v) is 10.4. The molecule has 0 atom stereocenters. The first-order valence-electron chi connectivity index (χ1n) is 5.20. The normalized spacial score (nSPS) is 18.3. The van der Waals surface area contributed by atoms with Gasteiger partial charge in [-0.1, -0.05) is 22.9 Å². The van der Waals surface area contributed by atoms with E-state index in [0.717, 1.165) is 36.5 Å². The topological polar surface area (TPSA) is 18.5 Å². The third kappa shape index (κ3) is 2.52. The van der Waals surface area contributed by atoms with Crippen molar-refractivity contribution in [3.8, 4) is 5.75 Å². The predicted molar refractivity (Wildman–Crippen MR) is 63.2 cm³/mol. The van der Waals surface area contributed by atoms with Crippen molar-refractivity contribution < 1.29 is 9.47 Å². The molecule has 0 aromatic heterocycles. The lowest BCUT2D eigenvalue weighted by atomic mass is 9.84. The fourth-order valence-corrected chi connectivity index (χ4v) is 1.81. The van der Waals surface area contributed by atoms with Crippen molar-refractivity contribution in [1.29, 1.82) is 0 Å². The summed E-state index contributed by atoms with van der Waals surface area (Å²) in [6.45, 7) is 4.61. The molecule has 1 aliphatic rings. The number of halogens is 1. The highest BCUT2D eigenvalue weighted by Gasteiger charge is 2.37. The van der Waals surface area contributed by atoms with Gasteiger partial charge < -0.3 is 9.47 Å². The summed E-state index contributed by atoms with van der Waals surface area (Å²) in [5.41, 5.74) is 0.257. The molecule has 0 unspecified atom stereocenters. The predicted octanol–water partition coefficient (Wildman–Crippen LogP) is 3.25. The zero-order chi connectivity index (χ0) is 10.7. The highest BCUT2D eigenvalue weighted by atomic mass is 79.9. The molecule has 0 amide bonds. The molecule has 1 aliphatic heterocycles. The lowest BCUT2D eigenvalue weighted by Crippen LogP contribution is -2.46. The molecule has 2 nitrogen and oxygen atoms in total. The molecule has 0 radical (unpaired) electrons. The SMILES string of the molecule is CCC1(COc2ccc(Br)cc2)COC1. The highest BCUT2D eigenvalue weighted by molar-refractivity contribution is 9.10. The Morgan fingerprint density at radius 1 is 1.33 bits per heavy atom. The Kier molecular flexibility index (Phi) is 3.32. The summed E-state index contributed by atoms with van der Waals surface area (Å²) < 4.78 is 12.1. The minimum atomic E-state index is 0.257. The minimum absolute atomic E-state index is 0.257. The summed E-state index contributed by atoms with van der Waals surface area (Å²) in [7, 11) is 0. The van der Waals surface area contributed by atoms with E-state index in [2.05, 4.69) is 22.9 Å². The molecule has 0 spiro atoms. The Hall–Kier alpha value is -0.540. The van der Waals surface area contributed by atoms with Crippen molar-refractivity contribution in [2.45, 2.75) is 13.3 Å². The first-order valence-corrected chi connectivity index (χ1v) is 5.99. The molecule has 0 aliphatic carbocycles. The molecule has 0 N–H and O–H groups in total. The Morgan fingerprint density at radius 2 is 2.00 bits per heavy atom. The lowest BCUT2D eigenvalue weighted by Gasteiger charge is -2.40. The molecule has 0 bridgehead atoms. The summed E-state index contributed by atoms with van der Waals surface area (Å²) in [6, 6.07) is 7.94. The Labute approximate surface area is 98.7 Å². The molecule has 1 saturated heterocycles. The third-order valence-corrected chi connectivity index (χ3v) is 3.45. The maximum atomic E-state index is 5.76. The molecule has 1 heterocycles. The second kappa shape index (κ2) is 4.54. The van der Waals surface area contributed by atoms with Gasteiger partial charge in [0.2, 0.25) is 0 Å². The fourth-order valence-electron chi connectivity index (χ4n) is 1.55. The van der Waals surface area contributed by atoms with E-state index >= 15 is 0 Å². The van der Waals surface area contributed by atoms with Crippen LogP contribution in [-0.2, 0) is 4.74 Å². The van der Waals surface area contributed by atoms with Gasteiger partial charge in [0.15, 0.2) is 0 Å². The maximum absolute atomic E-state index is 5.76. The molecular formula is C12H15BrO2. The molecule has 15 heavy (non-hydrogen) atoms. The van der Waals surface area contributed by atoms with Gasteiger partial charge in [0.25, 0.3) is 0 Å². The number of hydrogen-bond acceptors (Lipinski definition) is 2. The van der Waals surface area contributed by atoms with Gasteiger partial charge in [0.05, 0.1) is 25.2 Å². The third-order valence-electron chi connectivity index (χ3n) is 2.93. The van der Waals surface area contributed by atoms with Crippen LogP contribution in [0.1, 0.15) is 13.3 Å². The lowest BCUT2D eigenvalue weighted by molar-refractivity contribution is -0.133. The van der Waals surface area contributed by atoms with E-state index < -0.39 is 0 Å². The van der Waals surface area contributed by atoms with Gasteiger partial charge in [-0.3, -0.25) is 0 Å². The first kappa shape index (κ1) is 11.0. The van der Waals surface area contributed by atoms with Crippen LogP contribution in [0.4, 0.5) is 0 Å². The Bertz CT molecular complexity index is 311. The first-order chi connectivity index (χ1) is 7.24. The van der Waals surface area contributed by atoms with Gasteiger partial charge >= 0.3 is 0 Å². The molecular weight excluding hydrogens is 256 g/mol. The van der Waals surface area contributed by atoms with E-state index in [9.17, 15) is 0 Å². The van der Waals surface area contributed by atoms with Crippen LogP contribution in [0.2, 0.25) is 0 Å². The zero-order valence-electron chi connectivity index (χ0n) is 8.83. The quantitative estimate of drug-likeness (QED) is 0.836. The molecule has 1 fully saturated rings. The van der Waals surface area contributed by atoms with Crippen molar-refractivity contribution in [3.63, 3.8) is 0 Å². The van der Waals surface area contributed by atoms with Crippen LogP contribution < -0.4 is 4.74 Å². The van der Waals surface area contributed by atoms with Crippen molar-refractivity contribution >= 4 is 15.9 Å². The van der Waals surface area contributed by atoms with Crippen LogP contribution in [0.5, 0.6) is 5.75 Å². The highest BCUT2D eigenvalue weighted by Crippen LogP contribution is 2.32. The molecule has 2 rings (SSSR count). The van der Waals surface area contributed by atoms with E-state index in [1.165, 1.54) is 0 Å². The van der Waals surface area contributed by atoms with E-state index in [0.29, 0.717) is 0 Å². The van der Waals surface area contributed by atoms with E-state index in [1.807, 2.05) is 24.3 Å².